The summed E-state index contributed by atoms with van der Waals surface area (Å²) in [5, 5.41) is 7.45. The Labute approximate surface area is 177 Å². The Hall–Kier alpha value is -1.44. The van der Waals surface area contributed by atoms with Crippen molar-refractivity contribution in [1.29, 1.82) is 0 Å². The van der Waals surface area contributed by atoms with Gasteiger partial charge >= 0.3 is 0 Å². The molecule has 3 fully saturated rings. The van der Waals surface area contributed by atoms with Gasteiger partial charge in [0.1, 0.15) is 0 Å². The Morgan fingerprint density at radius 1 is 1.28 bits per heavy atom. The molecule has 4 rings (SSSR count). The predicted molar refractivity (Wildman–Crippen MR) is 114 cm³/mol. The number of rotatable bonds is 9. The molecule has 0 unspecified atom stereocenters. The van der Waals surface area contributed by atoms with Crippen molar-refractivity contribution < 1.29 is 14.3 Å². The molecule has 1 aromatic rings. The molecule has 0 radical (unpaired) electrons. The van der Waals surface area contributed by atoms with E-state index in [9.17, 15) is 9.59 Å². The maximum Gasteiger partial charge on any atom is 0.225 e. The van der Waals surface area contributed by atoms with Crippen molar-refractivity contribution in [1.82, 2.24) is 15.1 Å². The highest BCUT2D eigenvalue weighted by atomic mass is 32.1. The molecule has 2 saturated heterocycles. The Morgan fingerprint density at radius 2 is 2.07 bits per heavy atom. The van der Waals surface area contributed by atoms with Crippen LogP contribution in [0.15, 0.2) is 16.8 Å². The van der Waals surface area contributed by atoms with Gasteiger partial charge in [0, 0.05) is 50.6 Å². The van der Waals surface area contributed by atoms with Crippen molar-refractivity contribution in [3.05, 3.63) is 22.4 Å². The van der Waals surface area contributed by atoms with Crippen LogP contribution in [0.2, 0.25) is 0 Å². The molecule has 160 valence electrons. The zero-order valence-electron chi connectivity index (χ0n) is 17.5. The van der Waals surface area contributed by atoms with Crippen molar-refractivity contribution >= 4 is 23.2 Å². The van der Waals surface area contributed by atoms with Gasteiger partial charge in [0.05, 0.1) is 19.1 Å². The summed E-state index contributed by atoms with van der Waals surface area (Å²) in [5.74, 6) is 0.819. The zero-order chi connectivity index (χ0) is 20.4. The smallest absolute Gasteiger partial charge is 0.225 e. The predicted octanol–water partition coefficient (Wildman–Crippen LogP) is 2.49. The molecule has 0 aromatic carbocycles. The lowest BCUT2D eigenvalue weighted by atomic mass is 9.84. The summed E-state index contributed by atoms with van der Waals surface area (Å²) < 4.78 is 6.17. The molecular weight excluding hydrogens is 386 g/mol. The molecule has 29 heavy (non-hydrogen) atoms. The largest absolute Gasteiger partial charge is 0.376 e. The molecular formula is C22H33N3O3S. The first kappa shape index (κ1) is 20.8. The third kappa shape index (κ3) is 4.84. The minimum absolute atomic E-state index is 0.0840. The number of nitrogens with zero attached hydrogens (tertiary/aromatic N) is 2. The van der Waals surface area contributed by atoms with E-state index in [4.69, 9.17) is 4.74 Å². The standard InChI is InChI=1S/C22H33N3O3S/c1-3-24(4-2)21(27)10-19-22-16(9-20(26)23-17-5-6-17)12-25(18(22)13-28-19)11-15-7-8-29-14-15/h7-8,14,16-19,22H,3-6,9-13H2,1-2H3,(H,23,26)/t16-,18-,19+,22-/m1/s1. The maximum atomic E-state index is 12.7. The molecule has 4 atom stereocenters. The van der Waals surface area contributed by atoms with E-state index in [1.807, 2.05) is 18.7 Å². The third-order valence-electron chi connectivity index (χ3n) is 6.68. The van der Waals surface area contributed by atoms with E-state index in [2.05, 4.69) is 27.0 Å². The highest BCUT2D eigenvalue weighted by Crippen LogP contribution is 2.42. The van der Waals surface area contributed by atoms with Crippen LogP contribution in [0.3, 0.4) is 0 Å². The second-order valence-electron chi connectivity index (χ2n) is 8.65. The number of carbonyl (C=O) groups excluding carboxylic acids is 2. The first-order valence-corrected chi connectivity index (χ1v) is 12.0. The Bertz CT molecular complexity index is 702. The molecule has 1 saturated carbocycles. The molecule has 1 aliphatic carbocycles. The Balaban J connectivity index is 1.45. The number of hydrogen-bond donors (Lipinski definition) is 1. The van der Waals surface area contributed by atoms with E-state index in [-0.39, 0.29) is 29.8 Å². The number of fused-ring (bicyclic) bond motifs is 1. The average Bonchev–Trinajstić information content (AvgIpc) is 3.08. The SMILES string of the molecule is CCN(CC)C(=O)C[C@@H]1OC[C@@H]2[C@H]1[C@H](CC(=O)NC1CC1)CN2Cc1ccsc1. The fourth-order valence-electron chi connectivity index (χ4n) is 5.04. The van der Waals surface area contributed by atoms with E-state index >= 15 is 0 Å². The molecule has 0 spiro atoms. The lowest BCUT2D eigenvalue weighted by Gasteiger charge is -2.26. The number of ether oxygens (including phenoxy) is 1. The molecule has 3 heterocycles. The van der Waals surface area contributed by atoms with E-state index in [0.717, 1.165) is 39.0 Å². The van der Waals surface area contributed by atoms with E-state index in [0.29, 0.717) is 31.5 Å². The topological polar surface area (TPSA) is 61.9 Å². The first-order valence-electron chi connectivity index (χ1n) is 11.0. The van der Waals surface area contributed by atoms with Crippen LogP contribution in [0.4, 0.5) is 0 Å². The van der Waals surface area contributed by atoms with Crippen LogP contribution >= 0.6 is 11.3 Å². The molecule has 2 amide bonds. The lowest BCUT2D eigenvalue weighted by molar-refractivity contribution is -0.133. The van der Waals surface area contributed by atoms with Gasteiger partial charge in [-0.2, -0.15) is 11.3 Å². The van der Waals surface area contributed by atoms with Crippen molar-refractivity contribution in [2.24, 2.45) is 11.8 Å². The Morgan fingerprint density at radius 3 is 2.72 bits per heavy atom. The third-order valence-corrected chi connectivity index (χ3v) is 7.42. The second-order valence-corrected chi connectivity index (χ2v) is 9.43. The van der Waals surface area contributed by atoms with Gasteiger partial charge in [-0.3, -0.25) is 14.5 Å². The highest BCUT2D eigenvalue weighted by Gasteiger charge is 2.51. The van der Waals surface area contributed by atoms with Crippen molar-refractivity contribution in [2.75, 3.05) is 26.2 Å². The van der Waals surface area contributed by atoms with Crippen LogP contribution in [-0.4, -0.2) is 66.0 Å². The van der Waals surface area contributed by atoms with Crippen molar-refractivity contribution in [3.63, 3.8) is 0 Å². The van der Waals surface area contributed by atoms with Crippen LogP contribution in [0.25, 0.3) is 0 Å². The van der Waals surface area contributed by atoms with Crippen molar-refractivity contribution in [3.8, 4) is 0 Å². The summed E-state index contributed by atoms with van der Waals surface area (Å²) in [6, 6.07) is 2.86. The van der Waals surface area contributed by atoms with Crippen LogP contribution < -0.4 is 5.32 Å². The zero-order valence-corrected chi connectivity index (χ0v) is 18.3. The van der Waals surface area contributed by atoms with Gasteiger partial charge in [0.15, 0.2) is 0 Å². The van der Waals surface area contributed by atoms with Gasteiger partial charge in [0.2, 0.25) is 11.8 Å². The number of thiophene rings is 1. The quantitative estimate of drug-likeness (QED) is 0.668. The summed E-state index contributed by atoms with van der Waals surface area (Å²) in [6.45, 7) is 7.95. The minimum atomic E-state index is -0.0840. The number of amides is 2. The summed E-state index contributed by atoms with van der Waals surface area (Å²) in [4.78, 5) is 29.6. The van der Waals surface area contributed by atoms with Crippen LogP contribution in [0.1, 0.15) is 45.1 Å². The van der Waals surface area contributed by atoms with E-state index < -0.39 is 0 Å². The molecule has 7 heteroatoms. The van der Waals surface area contributed by atoms with Gasteiger partial charge in [0.25, 0.3) is 0 Å². The summed E-state index contributed by atoms with van der Waals surface area (Å²) in [5.41, 5.74) is 1.32. The molecule has 3 aliphatic rings. The van der Waals surface area contributed by atoms with Crippen LogP contribution in [0.5, 0.6) is 0 Å². The van der Waals surface area contributed by atoms with Gasteiger partial charge < -0.3 is 15.0 Å². The molecule has 1 aromatic heterocycles. The van der Waals surface area contributed by atoms with Gasteiger partial charge in [-0.1, -0.05) is 0 Å². The molecule has 0 bridgehead atoms. The number of likely N-dealkylation sites (tertiary alicyclic amines) is 1. The monoisotopic (exact) mass is 419 g/mol. The van der Waals surface area contributed by atoms with Crippen molar-refractivity contribution in [2.45, 2.75) is 64.3 Å². The fraction of sp³-hybridized carbons (Fsp3) is 0.727. The molecule has 2 aliphatic heterocycles. The fourth-order valence-corrected chi connectivity index (χ4v) is 5.70. The average molecular weight is 420 g/mol. The highest BCUT2D eigenvalue weighted by molar-refractivity contribution is 7.07. The van der Waals surface area contributed by atoms with Gasteiger partial charge in [-0.05, 0) is 55.0 Å². The number of hydrogen-bond acceptors (Lipinski definition) is 5. The van der Waals surface area contributed by atoms with Crippen LogP contribution in [-0.2, 0) is 20.9 Å². The molecule has 6 nitrogen and oxygen atoms in total. The Kier molecular flexibility index (Phi) is 6.56. The second kappa shape index (κ2) is 9.14. The van der Waals surface area contributed by atoms with Crippen LogP contribution in [0, 0.1) is 11.8 Å². The summed E-state index contributed by atoms with van der Waals surface area (Å²) >= 11 is 1.72. The summed E-state index contributed by atoms with van der Waals surface area (Å²) in [6.07, 6.45) is 3.10. The normalized spacial score (nSPS) is 29.0. The number of nitrogens with one attached hydrogen (secondary N) is 1. The summed E-state index contributed by atoms with van der Waals surface area (Å²) in [7, 11) is 0. The molecule has 1 N–H and O–H groups in total. The van der Waals surface area contributed by atoms with E-state index in [1.54, 1.807) is 11.3 Å². The first-order chi connectivity index (χ1) is 14.1. The minimum Gasteiger partial charge on any atom is -0.376 e. The maximum absolute atomic E-state index is 12.7. The van der Waals surface area contributed by atoms with E-state index in [1.165, 1.54) is 5.56 Å². The van der Waals surface area contributed by atoms with Gasteiger partial charge in [-0.15, -0.1) is 0 Å². The number of carbonyl (C=O) groups is 2. The van der Waals surface area contributed by atoms with Gasteiger partial charge in [-0.25, -0.2) is 0 Å². The lowest BCUT2D eigenvalue weighted by Crippen LogP contribution is -2.37.